The van der Waals surface area contributed by atoms with Gasteiger partial charge < -0.3 is 25.8 Å². The molecule has 0 unspecified atom stereocenters. The van der Waals surface area contributed by atoms with E-state index in [0.29, 0.717) is 0 Å². The van der Waals surface area contributed by atoms with Crippen molar-refractivity contribution in [1.82, 2.24) is 10.6 Å². The van der Waals surface area contributed by atoms with Crippen LogP contribution in [0.3, 0.4) is 0 Å². The number of anilines is 1. The third-order valence-corrected chi connectivity index (χ3v) is 4.58. The molecule has 2 rings (SSSR count). The van der Waals surface area contributed by atoms with E-state index in [2.05, 4.69) is 4.74 Å². The van der Waals surface area contributed by atoms with Gasteiger partial charge >= 0.3 is 17.8 Å². The molecule has 0 aromatic heterocycles. The second-order valence-corrected chi connectivity index (χ2v) is 7.34. The van der Waals surface area contributed by atoms with Crippen molar-refractivity contribution < 1.29 is 55.8 Å². The smallest absolute Gasteiger partial charge is 0.313 e. The largest absolute Gasteiger partial charge is 0.481 e. The fraction of sp³-hybridized carbons (Fsp3) is 0.227. The molecule has 2 aromatic rings. The lowest BCUT2D eigenvalue weighted by atomic mass is 10.1. The highest BCUT2D eigenvalue weighted by Crippen LogP contribution is 2.26. The van der Waals surface area contributed by atoms with E-state index in [1.807, 2.05) is 16.0 Å². The number of ketones is 1. The minimum atomic E-state index is -1.95. The zero-order chi connectivity index (χ0) is 27.9. The molecule has 0 aliphatic heterocycles. The van der Waals surface area contributed by atoms with Crippen LogP contribution in [-0.2, 0) is 24.0 Å². The lowest BCUT2D eigenvalue weighted by Gasteiger charge is -2.20. The molecule has 3 amide bonds. The average Bonchev–Trinajstić information content (AvgIpc) is 2.83. The molecule has 0 fully saturated rings. The third-order valence-electron chi connectivity index (χ3n) is 4.58. The Morgan fingerprint density at radius 1 is 0.892 bits per heavy atom. The molecular weight excluding hydrogens is 513 g/mol. The van der Waals surface area contributed by atoms with E-state index >= 15 is 0 Å². The van der Waals surface area contributed by atoms with Gasteiger partial charge in [-0.05, 0) is 19.1 Å². The standard InChI is InChI=1S/C22H18F5N3O7/c1-9(28-21(35)22(36)29-13-5-3-2-4-10(13)23)20(34)30-14(7-16(32)33)15(31)8-37-19-17(26)11(24)6-12(25)18(19)27/h2-6,9,14H,7-8H2,1H3,(H,28,35)(H,29,36)(H,30,34)(H,32,33)/t9-,14-/m0/s1. The third kappa shape index (κ3) is 7.71. The predicted octanol–water partition coefficient (Wildman–Crippen LogP) is 1.43. The fourth-order valence-electron chi connectivity index (χ4n) is 2.71. The molecule has 198 valence electrons. The van der Waals surface area contributed by atoms with Crippen LogP contribution in [0, 0.1) is 29.1 Å². The molecule has 0 saturated carbocycles. The van der Waals surface area contributed by atoms with Crippen LogP contribution in [-0.4, -0.2) is 53.3 Å². The van der Waals surface area contributed by atoms with Crippen LogP contribution in [0.15, 0.2) is 30.3 Å². The number of carbonyl (C=O) groups excluding carboxylic acids is 4. The second kappa shape index (κ2) is 12.4. The number of hydrogen-bond donors (Lipinski definition) is 4. The Labute approximate surface area is 204 Å². The van der Waals surface area contributed by atoms with Crippen LogP contribution in [0.5, 0.6) is 5.75 Å². The van der Waals surface area contributed by atoms with E-state index < -0.39 is 89.4 Å². The number of nitrogens with one attached hydrogen (secondary N) is 3. The van der Waals surface area contributed by atoms with E-state index in [0.717, 1.165) is 19.1 Å². The molecule has 0 heterocycles. The van der Waals surface area contributed by atoms with Crippen molar-refractivity contribution in [2.75, 3.05) is 11.9 Å². The molecule has 0 bridgehead atoms. The van der Waals surface area contributed by atoms with Crippen LogP contribution in [0.1, 0.15) is 13.3 Å². The second-order valence-electron chi connectivity index (χ2n) is 7.34. The Hall–Kier alpha value is -4.56. The van der Waals surface area contributed by atoms with Crippen molar-refractivity contribution in [3.05, 3.63) is 59.4 Å². The summed E-state index contributed by atoms with van der Waals surface area (Å²) in [4.78, 5) is 59.7. The number of benzene rings is 2. The van der Waals surface area contributed by atoms with Crippen LogP contribution in [0.25, 0.3) is 0 Å². The van der Waals surface area contributed by atoms with Crippen LogP contribution < -0.4 is 20.7 Å². The van der Waals surface area contributed by atoms with Gasteiger partial charge in [-0.15, -0.1) is 0 Å². The maximum absolute atomic E-state index is 13.7. The number of ether oxygens (including phenoxy) is 1. The minimum absolute atomic E-state index is 0.0981. The Balaban J connectivity index is 2.02. The van der Waals surface area contributed by atoms with Crippen molar-refractivity contribution in [3.8, 4) is 5.75 Å². The minimum Gasteiger partial charge on any atom is -0.481 e. The molecule has 37 heavy (non-hydrogen) atoms. The predicted molar refractivity (Wildman–Crippen MR) is 114 cm³/mol. The molecule has 10 nitrogen and oxygen atoms in total. The number of halogens is 5. The highest BCUT2D eigenvalue weighted by atomic mass is 19.2. The Bertz CT molecular complexity index is 1220. The molecule has 2 atom stereocenters. The van der Waals surface area contributed by atoms with Gasteiger partial charge in [0.15, 0.2) is 23.2 Å². The lowest BCUT2D eigenvalue weighted by molar-refractivity contribution is -0.141. The number of carboxylic acids is 1. The van der Waals surface area contributed by atoms with Crippen molar-refractivity contribution in [3.63, 3.8) is 0 Å². The number of para-hydroxylation sites is 1. The first kappa shape index (κ1) is 28.7. The SMILES string of the molecule is C[C@H](NC(=O)C(=O)Nc1ccccc1F)C(=O)N[C@@H](CC(=O)O)C(=O)COc1c(F)c(F)cc(F)c1F. The molecule has 4 N–H and O–H groups in total. The summed E-state index contributed by atoms with van der Waals surface area (Å²) in [5.41, 5.74) is -0.321. The van der Waals surface area contributed by atoms with Crippen molar-refractivity contribution in [1.29, 1.82) is 0 Å². The summed E-state index contributed by atoms with van der Waals surface area (Å²) < 4.78 is 72.0. The van der Waals surface area contributed by atoms with Gasteiger partial charge in [0.05, 0.1) is 12.1 Å². The van der Waals surface area contributed by atoms with Crippen molar-refractivity contribution in [2.24, 2.45) is 0 Å². The van der Waals surface area contributed by atoms with Gasteiger partial charge in [-0.2, -0.15) is 8.78 Å². The molecular formula is C22H18F5N3O7. The number of hydrogen-bond acceptors (Lipinski definition) is 6. The van der Waals surface area contributed by atoms with Crippen LogP contribution in [0.4, 0.5) is 27.6 Å². The average molecular weight is 531 g/mol. The van der Waals surface area contributed by atoms with E-state index in [9.17, 15) is 45.9 Å². The van der Waals surface area contributed by atoms with Gasteiger partial charge in [0.1, 0.15) is 24.5 Å². The zero-order valence-electron chi connectivity index (χ0n) is 18.7. The molecule has 0 radical (unpaired) electrons. The molecule has 2 aromatic carbocycles. The van der Waals surface area contributed by atoms with Gasteiger partial charge in [0.25, 0.3) is 0 Å². The molecule has 15 heteroatoms. The Kier molecular flexibility index (Phi) is 9.62. The van der Waals surface area contributed by atoms with Crippen molar-refractivity contribution >= 4 is 35.2 Å². The Morgan fingerprint density at radius 3 is 2.05 bits per heavy atom. The topological polar surface area (TPSA) is 151 Å². The summed E-state index contributed by atoms with van der Waals surface area (Å²) in [5, 5.41) is 14.9. The first-order valence-electron chi connectivity index (χ1n) is 10.2. The highest BCUT2D eigenvalue weighted by Gasteiger charge is 2.29. The van der Waals surface area contributed by atoms with E-state index in [1.54, 1.807) is 0 Å². The quantitative estimate of drug-likeness (QED) is 0.206. The summed E-state index contributed by atoms with van der Waals surface area (Å²) in [6, 6.07) is 1.39. The fourth-order valence-corrected chi connectivity index (χ4v) is 2.71. The summed E-state index contributed by atoms with van der Waals surface area (Å²) in [6.07, 6.45) is -1.05. The van der Waals surface area contributed by atoms with E-state index in [-0.39, 0.29) is 11.8 Å². The van der Waals surface area contributed by atoms with Gasteiger partial charge in [0.2, 0.25) is 17.5 Å². The van der Waals surface area contributed by atoms with Gasteiger partial charge in [0, 0.05) is 6.07 Å². The normalized spacial score (nSPS) is 12.2. The maximum Gasteiger partial charge on any atom is 0.313 e. The number of aliphatic carboxylic acids is 1. The van der Waals surface area contributed by atoms with Crippen molar-refractivity contribution in [2.45, 2.75) is 25.4 Å². The number of carbonyl (C=O) groups is 5. The monoisotopic (exact) mass is 531 g/mol. The first-order valence-corrected chi connectivity index (χ1v) is 10.2. The van der Waals surface area contributed by atoms with Gasteiger partial charge in [-0.25, -0.2) is 13.2 Å². The number of amides is 3. The van der Waals surface area contributed by atoms with E-state index in [4.69, 9.17) is 5.11 Å². The summed E-state index contributed by atoms with van der Waals surface area (Å²) in [7, 11) is 0. The van der Waals surface area contributed by atoms with Gasteiger partial charge in [-0.1, -0.05) is 12.1 Å². The lowest BCUT2D eigenvalue weighted by Crippen LogP contribution is -2.53. The first-order chi connectivity index (χ1) is 17.3. The highest BCUT2D eigenvalue weighted by molar-refractivity contribution is 6.40. The van der Waals surface area contributed by atoms with E-state index in [1.165, 1.54) is 12.1 Å². The summed E-state index contributed by atoms with van der Waals surface area (Å²) in [5.74, 6) is -16.7. The number of rotatable bonds is 10. The number of carboxylic acid groups (broad SMARTS) is 1. The zero-order valence-corrected chi connectivity index (χ0v) is 18.7. The number of Topliss-reactive ketones (excluding diaryl/α,β-unsaturated/α-hetero) is 1. The molecule has 0 spiro atoms. The summed E-state index contributed by atoms with van der Waals surface area (Å²) in [6.45, 7) is -0.247. The summed E-state index contributed by atoms with van der Waals surface area (Å²) >= 11 is 0. The van der Waals surface area contributed by atoms with Gasteiger partial charge in [-0.3, -0.25) is 24.0 Å². The molecule has 0 saturated heterocycles. The maximum atomic E-state index is 13.7. The van der Waals surface area contributed by atoms with Crippen LogP contribution in [0.2, 0.25) is 0 Å². The van der Waals surface area contributed by atoms with Crippen LogP contribution >= 0.6 is 0 Å². The molecule has 0 aliphatic carbocycles. The Morgan fingerprint density at radius 2 is 1.49 bits per heavy atom. The molecule has 0 aliphatic rings.